The Morgan fingerprint density at radius 1 is 0.778 bits per heavy atom. The van der Waals surface area contributed by atoms with Crippen LogP contribution in [0.25, 0.3) is 0 Å². The quantitative estimate of drug-likeness (QED) is 0.0796. The molecule has 0 aromatic rings. The van der Waals surface area contributed by atoms with Crippen molar-refractivity contribution >= 4 is 25.7 Å². The van der Waals surface area contributed by atoms with Gasteiger partial charge in [-0.2, -0.15) is 0 Å². The molecule has 0 aromatic carbocycles. The summed E-state index contributed by atoms with van der Waals surface area (Å²) in [7, 11) is -4.71. The lowest BCUT2D eigenvalue weighted by atomic mass is 10.1. The molecule has 0 spiro atoms. The van der Waals surface area contributed by atoms with Gasteiger partial charge in [0, 0.05) is 12.8 Å². The second-order valence-electron chi connectivity index (χ2n) is 8.89. The van der Waals surface area contributed by atoms with E-state index >= 15 is 0 Å². The Morgan fingerprint density at radius 3 is 1.83 bits per heavy atom. The zero-order valence-electron chi connectivity index (χ0n) is 21.8. The van der Waals surface area contributed by atoms with Gasteiger partial charge in [0.15, 0.2) is 6.04 Å². The van der Waals surface area contributed by atoms with E-state index in [1.165, 1.54) is 44.9 Å². The van der Waals surface area contributed by atoms with E-state index in [1.54, 1.807) is 6.92 Å². The maximum Gasteiger partial charge on any atom is 0.472 e. The average molecular weight is 540 g/mol. The van der Waals surface area contributed by atoms with Gasteiger partial charge in [0.2, 0.25) is 5.91 Å². The summed E-state index contributed by atoms with van der Waals surface area (Å²) in [6.45, 7) is 2.09. The van der Waals surface area contributed by atoms with Crippen LogP contribution in [0.15, 0.2) is 0 Å². The van der Waals surface area contributed by atoms with Crippen LogP contribution >= 0.6 is 7.82 Å². The first-order valence-electron chi connectivity index (χ1n) is 13.1. The van der Waals surface area contributed by atoms with Crippen molar-refractivity contribution in [2.24, 2.45) is 0 Å². The van der Waals surface area contributed by atoms with Crippen LogP contribution in [0.2, 0.25) is 0 Å². The van der Waals surface area contributed by atoms with Crippen molar-refractivity contribution in [3.8, 4) is 0 Å². The molecule has 4 N–H and O–H groups in total. The zero-order valence-corrected chi connectivity index (χ0v) is 22.7. The summed E-state index contributed by atoms with van der Waals surface area (Å²) < 4.78 is 26.0. The lowest BCUT2D eigenvalue weighted by molar-refractivity contribution is -0.147. The molecule has 0 fully saturated rings. The number of carboxylic acids is 1. The number of rotatable bonds is 24. The smallest absolute Gasteiger partial charge is 0.472 e. The maximum atomic E-state index is 12.1. The normalized spacial score (nSPS) is 14.6. The molecule has 11 nitrogen and oxygen atoms in total. The SMILES string of the molecule is CCCCCCCCCCCCCC(=O)NC(COP(=O)(O)OCC(O)COC(=O)CCC)C(=O)O. The van der Waals surface area contributed by atoms with Gasteiger partial charge in [-0.1, -0.05) is 78.1 Å². The van der Waals surface area contributed by atoms with E-state index in [2.05, 4.69) is 21.3 Å². The van der Waals surface area contributed by atoms with Crippen molar-refractivity contribution in [2.45, 2.75) is 116 Å². The fourth-order valence-corrected chi connectivity index (χ4v) is 4.06. The molecule has 12 heteroatoms. The first kappa shape index (κ1) is 34.5. The summed E-state index contributed by atoms with van der Waals surface area (Å²) in [5.41, 5.74) is 0. The molecule has 0 aliphatic heterocycles. The number of ether oxygens (including phenoxy) is 1. The molecule has 0 rings (SSSR count). The number of phosphoric acid groups is 1. The minimum absolute atomic E-state index is 0.150. The maximum absolute atomic E-state index is 12.1. The lowest BCUT2D eigenvalue weighted by Crippen LogP contribution is -2.43. The van der Waals surface area contributed by atoms with Crippen molar-refractivity contribution in [2.75, 3.05) is 19.8 Å². The number of esters is 1. The van der Waals surface area contributed by atoms with Gasteiger partial charge in [-0.25, -0.2) is 9.36 Å². The van der Waals surface area contributed by atoms with Gasteiger partial charge in [0.1, 0.15) is 12.7 Å². The summed E-state index contributed by atoms with van der Waals surface area (Å²) in [4.78, 5) is 44.4. The summed E-state index contributed by atoms with van der Waals surface area (Å²) in [5.74, 6) is -2.43. The van der Waals surface area contributed by atoms with E-state index in [4.69, 9.17) is 4.74 Å². The highest BCUT2D eigenvalue weighted by atomic mass is 31.2. The van der Waals surface area contributed by atoms with Crippen molar-refractivity contribution in [1.29, 1.82) is 0 Å². The van der Waals surface area contributed by atoms with Crippen molar-refractivity contribution in [3.63, 3.8) is 0 Å². The molecule has 0 heterocycles. The lowest BCUT2D eigenvalue weighted by Gasteiger charge is -2.18. The van der Waals surface area contributed by atoms with E-state index in [0.29, 0.717) is 12.8 Å². The van der Waals surface area contributed by atoms with E-state index < -0.39 is 57.6 Å². The van der Waals surface area contributed by atoms with Gasteiger partial charge >= 0.3 is 19.8 Å². The van der Waals surface area contributed by atoms with Crippen molar-refractivity contribution in [3.05, 3.63) is 0 Å². The standard InChI is InChI=1S/C24H46NO10P/c1-3-5-6-7-8-9-10-11-12-13-14-16-22(27)25-21(24(29)30)19-35-36(31,32)34-18-20(26)17-33-23(28)15-4-2/h20-21,26H,3-19H2,1-2H3,(H,25,27)(H,29,30)(H,31,32). The molecular weight excluding hydrogens is 493 g/mol. The summed E-state index contributed by atoms with van der Waals surface area (Å²) in [6.07, 6.45) is 12.0. The largest absolute Gasteiger partial charge is 0.480 e. The van der Waals surface area contributed by atoms with Crippen LogP contribution in [-0.4, -0.2) is 64.9 Å². The van der Waals surface area contributed by atoms with Gasteiger partial charge in [-0.15, -0.1) is 0 Å². The molecule has 0 aliphatic carbocycles. The number of aliphatic hydroxyl groups is 1. The zero-order chi connectivity index (χ0) is 27.2. The fourth-order valence-electron chi connectivity index (χ4n) is 3.29. The van der Waals surface area contributed by atoms with Gasteiger partial charge in [-0.3, -0.25) is 18.6 Å². The molecule has 212 valence electrons. The van der Waals surface area contributed by atoms with Crippen LogP contribution in [0.3, 0.4) is 0 Å². The molecule has 0 aromatic heterocycles. The number of aliphatic hydroxyl groups excluding tert-OH is 1. The second-order valence-corrected chi connectivity index (χ2v) is 10.3. The number of nitrogens with one attached hydrogen (secondary N) is 1. The average Bonchev–Trinajstić information content (AvgIpc) is 2.82. The topological polar surface area (TPSA) is 169 Å². The Bertz CT molecular complexity index is 661. The fraction of sp³-hybridized carbons (Fsp3) is 0.875. The first-order chi connectivity index (χ1) is 17.1. The molecule has 0 saturated heterocycles. The Morgan fingerprint density at radius 2 is 1.31 bits per heavy atom. The molecule has 0 saturated carbocycles. The molecule has 3 atom stereocenters. The number of carbonyl (C=O) groups excluding carboxylic acids is 2. The van der Waals surface area contributed by atoms with Crippen molar-refractivity contribution < 1.29 is 47.8 Å². The van der Waals surface area contributed by atoms with E-state index in [1.807, 2.05) is 0 Å². The Kier molecular flexibility index (Phi) is 20.6. The second kappa shape index (κ2) is 21.6. The third kappa shape index (κ3) is 20.7. The molecule has 3 unspecified atom stereocenters. The number of carbonyl (C=O) groups is 3. The number of unbranched alkanes of at least 4 members (excludes halogenated alkanes) is 10. The van der Waals surface area contributed by atoms with Gasteiger partial charge < -0.3 is 25.2 Å². The van der Waals surface area contributed by atoms with Gasteiger partial charge in [0.05, 0.1) is 13.2 Å². The monoisotopic (exact) mass is 539 g/mol. The molecule has 0 radical (unpaired) electrons. The highest BCUT2D eigenvalue weighted by molar-refractivity contribution is 7.47. The summed E-state index contributed by atoms with van der Waals surface area (Å²) in [5, 5.41) is 21.2. The third-order valence-electron chi connectivity index (χ3n) is 5.37. The van der Waals surface area contributed by atoms with Crippen LogP contribution in [0.1, 0.15) is 104 Å². The number of hydrogen-bond acceptors (Lipinski definition) is 8. The molecule has 0 aliphatic rings. The Labute approximate surface area is 214 Å². The van der Waals surface area contributed by atoms with Crippen LogP contribution in [0.4, 0.5) is 0 Å². The van der Waals surface area contributed by atoms with E-state index in [9.17, 15) is 34.1 Å². The van der Waals surface area contributed by atoms with Crippen LogP contribution in [0.5, 0.6) is 0 Å². The summed E-state index contributed by atoms with van der Waals surface area (Å²) in [6, 6.07) is -1.53. The molecular formula is C24H46NO10P. The number of carboxylic acid groups (broad SMARTS) is 1. The minimum Gasteiger partial charge on any atom is -0.480 e. The van der Waals surface area contributed by atoms with Crippen LogP contribution < -0.4 is 5.32 Å². The van der Waals surface area contributed by atoms with Crippen molar-refractivity contribution in [1.82, 2.24) is 5.32 Å². The Hall–Kier alpha value is -1.52. The first-order valence-corrected chi connectivity index (χ1v) is 14.6. The van der Waals surface area contributed by atoms with E-state index in [0.717, 1.165) is 19.3 Å². The number of amides is 1. The summed E-state index contributed by atoms with van der Waals surface area (Å²) >= 11 is 0. The number of phosphoric ester groups is 1. The number of aliphatic carboxylic acids is 1. The predicted octanol–water partition coefficient (Wildman–Crippen LogP) is 4.09. The molecule has 1 amide bonds. The Balaban J connectivity index is 4.08. The van der Waals surface area contributed by atoms with Gasteiger partial charge in [0.25, 0.3) is 0 Å². The third-order valence-corrected chi connectivity index (χ3v) is 6.32. The van der Waals surface area contributed by atoms with E-state index in [-0.39, 0.29) is 12.8 Å². The van der Waals surface area contributed by atoms with Crippen LogP contribution in [0, 0.1) is 0 Å². The predicted molar refractivity (Wildman–Crippen MR) is 134 cm³/mol. The number of hydrogen-bond donors (Lipinski definition) is 4. The van der Waals surface area contributed by atoms with Gasteiger partial charge in [-0.05, 0) is 12.8 Å². The molecule has 36 heavy (non-hydrogen) atoms. The highest BCUT2D eigenvalue weighted by Gasteiger charge is 2.28. The highest BCUT2D eigenvalue weighted by Crippen LogP contribution is 2.43. The van der Waals surface area contributed by atoms with Crippen LogP contribution in [-0.2, 0) is 32.7 Å². The molecule has 0 bridgehead atoms. The minimum atomic E-state index is -4.71.